The average Bonchev–Trinajstić information content (AvgIpc) is 2.90. The first kappa shape index (κ1) is 25.4. The molecular formula is C27H35N3O4S. The molecule has 0 spiro atoms. The van der Waals surface area contributed by atoms with Crippen molar-refractivity contribution >= 4 is 27.5 Å². The first-order chi connectivity index (χ1) is 16.9. The summed E-state index contributed by atoms with van der Waals surface area (Å²) < 4.78 is 27.4. The zero-order valence-corrected chi connectivity index (χ0v) is 21.0. The van der Waals surface area contributed by atoms with E-state index in [9.17, 15) is 18.0 Å². The highest BCUT2D eigenvalue weighted by Gasteiger charge is 2.32. The molecule has 2 aromatic carbocycles. The van der Waals surface area contributed by atoms with Crippen molar-refractivity contribution in [1.29, 1.82) is 0 Å². The lowest BCUT2D eigenvalue weighted by Crippen LogP contribution is -2.44. The second-order valence-electron chi connectivity index (χ2n) is 9.49. The van der Waals surface area contributed by atoms with Gasteiger partial charge in [0.2, 0.25) is 15.9 Å². The third kappa shape index (κ3) is 6.70. The zero-order valence-electron chi connectivity index (χ0n) is 20.2. The van der Waals surface area contributed by atoms with E-state index in [4.69, 9.17) is 0 Å². The molecule has 0 aromatic heterocycles. The molecule has 1 N–H and O–H groups in total. The summed E-state index contributed by atoms with van der Waals surface area (Å²) in [5.74, 6) is -0.658. The standard InChI is InChI=1S/C27H35N3O4S/c31-26(28-25-16-6-5-15-24(25)27(32)29-17-7-2-8-18-29)23-14-9-19-30(21-23)35(33,34)20-10-13-22-11-3-1-4-12-22/h1,3-6,11-12,15-16,23H,2,7-10,13-14,17-21H2,(H,28,31)/t23-/m1/s1. The van der Waals surface area contributed by atoms with Crippen LogP contribution in [0.25, 0.3) is 0 Å². The quantitative estimate of drug-likeness (QED) is 0.599. The van der Waals surface area contributed by atoms with Crippen LogP contribution >= 0.6 is 0 Å². The molecule has 35 heavy (non-hydrogen) atoms. The third-order valence-electron chi connectivity index (χ3n) is 6.92. The van der Waals surface area contributed by atoms with Crippen LogP contribution in [0, 0.1) is 5.92 Å². The molecule has 2 amide bonds. The molecule has 2 aliphatic rings. The number of carbonyl (C=O) groups is 2. The van der Waals surface area contributed by atoms with Gasteiger partial charge in [0.05, 0.1) is 22.9 Å². The van der Waals surface area contributed by atoms with E-state index < -0.39 is 15.9 Å². The van der Waals surface area contributed by atoms with E-state index in [1.54, 1.807) is 24.3 Å². The number of likely N-dealkylation sites (tertiary alicyclic amines) is 1. The van der Waals surface area contributed by atoms with Gasteiger partial charge in [0, 0.05) is 26.2 Å². The van der Waals surface area contributed by atoms with Gasteiger partial charge in [0.15, 0.2) is 0 Å². The minimum Gasteiger partial charge on any atom is -0.339 e. The van der Waals surface area contributed by atoms with Crippen LogP contribution in [0.3, 0.4) is 0 Å². The van der Waals surface area contributed by atoms with Crippen LogP contribution < -0.4 is 5.32 Å². The normalized spacial score (nSPS) is 19.3. The Labute approximate surface area is 208 Å². The Kier molecular flexibility index (Phi) is 8.57. The summed E-state index contributed by atoms with van der Waals surface area (Å²) in [6.45, 7) is 2.10. The van der Waals surface area contributed by atoms with Gasteiger partial charge in [-0.15, -0.1) is 0 Å². The Morgan fingerprint density at radius 3 is 2.37 bits per heavy atom. The maximum atomic E-state index is 13.1. The Bertz CT molecular complexity index is 1110. The fraction of sp³-hybridized carbons (Fsp3) is 0.481. The van der Waals surface area contributed by atoms with Crippen molar-refractivity contribution in [2.75, 3.05) is 37.2 Å². The maximum absolute atomic E-state index is 13.1. The summed E-state index contributed by atoms with van der Waals surface area (Å²) >= 11 is 0. The fourth-order valence-corrected chi connectivity index (χ4v) is 6.50. The summed E-state index contributed by atoms with van der Waals surface area (Å²) in [7, 11) is -3.44. The highest BCUT2D eigenvalue weighted by Crippen LogP contribution is 2.24. The van der Waals surface area contributed by atoms with Crippen molar-refractivity contribution in [1.82, 2.24) is 9.21 Å². The van der Waals surface area contributed by atoms with Crippen LogP contribution in [0.5, 0.6) is 0 Å². The lowest BCUT2D eigenvalue weighted by Gasteiger charge is -2.31. The van der Waals surface area contributed by atoms with E-state index in [0.29, 0.717) is 43.5 Å². The van der Waals surface area contributed by atoms with Crippen LogP contribution in [0.1, 0.15) is 54.4 Å². The minimum atomic E-state index is -3.44. The molecular weight excluding hydrogens is 462 g/mol. The van der Waals surface area contributed by atoms with Crippen molar-refractivity contribution in [2.24, 2.45) is 5.92 Å². The first-order valence-corrected chi connectivity index (χ1v) is 14.3. The minimum absolute atomic E-state index is 0.0631. The van der Waals surface area contributed by atoms with Gasteiger partial charge in [-0.1, -0.05) is 42.5 Å². The number of aryl methyl sites for hydroxylation is 1. The lowest BCUT2D eigenvalue weighted by molar-refractivity contribution is -0.120. The number of rotatable bonds is 8. The average molecular weight is 498 g/mol. The van der Waals surface area contributed by atoms with E-state index in [2.05, 4.69) is 5.32 Å². The van der Waals surface area contributed by atoms with Crippen LogP contribution in [0.4, 0.5) is 5.69 Å². The molecule has 0 saturated carbocycles. The topological polar surface area (TPSA) is 86.8 Å². The van der Waals surface area contributed by atoms with Crippen molar-refractivity contribution in [2.45, 2.75) is 44.9 Å². The van der Waals surface area contributed by atoms with E-state index in [-0.39, 0.29) is 24.1 Å². The molecule has 7 nitrogen and oxygen atoms in total. The Morgan fingerprint density at radius 2 is 1.60 bits per heavy atom. The van der Waals surface area contributed by atoms with Gasteiger partial charge < -0.3 is 10.2 Å². The number of sulfonamides is 1. The first-order valence-electron chi connectivity index (χ1n) is 12.6. The van der Waals surface area contributed by atoms with Gasteiger partial charge in [0.1, 0.15) is 0 Å². The van der Waals surface area contributed by atoms with E-state index >= 15 is 0 Å². The van der Waals surface area contributed by atoms with Crippen molar-refractivity contribution in [3.05, 3.63) is 65.7 Å². The molecule has 2 fully saturated rings. The Hall–Kier alpha value is -2.71. The molecule has 188 valence electrons. The number of carbonyl (C=O) groups excluding carboxylic acids is 2. The molecule has 2 saturated heterocycles. The smallest absolute Gasteiger partial charge is 0.255 e. The SMILES string of the molecule is O=C(Nc1ccccc1C(=O)N1CCCCC1)[C@@H]1CCCN(S(=O)(=O)CCCc2ccccc2)C1. The van der Waals surface area contributed by atoms with Gasteiger partial charge in [-0.05, 0) is 62.6 Å². The summed E-state index contributed by atoms with van der Waals surface area (Å²) in [5.41, 5.74) is 2.11. The molecule has 8 heteroatoms. The molecule has 0 bridgehead atoms. The van der Waals surface area contributed by atoms with E-state index in [1.165, 1.54) is 4.31 Å². The van der Waals surface area contributed by atoms with Crippen LogP contribution in [0.2, 0.25) is 0 Å². The van der Waals surface area contributed by atoms with Gasteiger partial charge in [-0.25, -0.2) is 12.7 Å². The van der Waals surface area contributed by atoms with E-state index in [1.807, 2.05) is 35.2 Å². The summed E-state index contributed by atoms with van der Waals surface area (Å²) in [6.07, 6.45) is 5.66. The zero-order chi connectivity index (χ0) is 24.7. The molecule has 2 aromatic rings. The molecule has 2 heterocycles. The number of amides is 2. The number of nitrogens with zero attached hydrogens (tertiary/aromatic N) is 2. The monoisotopic (exact) mass is 497 g/mol. The number of piperidine rings is 2. The molecule has 2 aliphatic heterocycles. The molecule has 4 rings (SSSR count). The second kappa shape index (κ2) is 11.8. The van der Waals surface area contributed by atoms with Crippen molar-refractivity contribution in [3.8, 4) is 0 Å². The van der Waals surface area contributed by atoms with E-state index in [0.717, 1.165) is 37.9 Å². The van der Waals surface area contributed by atoms with Gasteiger partial charge in [0.25, 0.3) is 5.91 Å². The predicted octanol–water partition coefficient (Wildman–Crippen LogP) is 3.93. The summed E-state index contributed by atoms with van der Waals surface area (Å²) in [6, 6.07) is 17.0. The Balaban J connectivity index is 1.36. The van der Waals surface area contributed by atoms with Gasteiger partial charge in [-0.2, -0.15) is 0 Å². The number of nitrogens with one attached hydrogen (secondary N) is 1. The van der Waals surface area contributed by atoms with Gasteiger partial charge in [-0.3, -0.25) is 9.59 Å². The van der Waals surface area contributed by atoms with Crippen molar-refractivity contribution in [3.63, 3.8) is 0 Å². The molecule has 0 aliphatic carbocycles. The Morgan fingerprint density at radius 1 is 0.886 bits per heavy atom. The highest BCUT2D eigenvalue weighted by molar-refractivity contribution is 7.89. The number of para-hydroxylation sites is 1. The molecule has 1 atom stereocenters. The number of hydrogen-bond acceptors (Lipinski definition) is 4. The van der Waals surface area contributed by atoms with Crippen LogP contribution in [-0.2, 0) is 21.2 Å². The number of benzene rings is 2. The number of hydrogen-bond donors (Lipinski definition) is 1. The second-order valence-corrected chi connectivity index (χ2v) is 11.6. The lowest BCUT2D eigenvalue weighted by atomic mass is 9.98. The molecule has 0 unspecified atom stereocenters. The van der Waals surface area contributed by atoms with Gasteiger partial charge >= 0.3 is 0 Å². The number of anilines is 1. The summed E-state index contributed by atoms with van der Waals surface area (Å²) in [5, 5.41) is 2.93. The third-order valence-corrected chi connectivity index (χ3v) is 8.84. The molecule has 0 radical (unpaired) electrons. The largest absolute Gasteiger partial charge is 0.339 e. The fourth-order valence-electron chi connectivity index (χ4n) is 4.92. The highest BCUT2D eigenvalue weighted by atomic mass is 32.2. The van der Waals surface area contributed by atoms with Crippen molar-refractivity contribution < 1.29 is 18.0 Å². The maximum Gasteiger partial charge on any atom is 0.255 e. The summed E-state index contributed by atoms with van der Waals surface area (Å²) in [4.78, 5) is 28.0. The van der Waals surface area contributed by atoms with Crippen LogP contribution in [-0.4, -0.2) is 61.4 Å². The predicted molar refractivity (Wildman–Crippen MR) is 138 cm³/mol. The van der Waals surface area contributed by atoms with Crippen LogP contribution in [0.15, 0.2) is 54.6 Å².